The molecule has 1 saturated heterocycles. The van der Waals surface area contributed by atoms with E-state index in [1.165, 1.54) is 0 Å². The van der Waals surface area contributed by atoms with E-state index >= 15 is 0 Å². The Hall–Kier alpha value is -0.540. The fraction of sp³-hybridized carbons (Fsp3) is 0.562. The molecular formula is C16H25BrIN3O2. The highest BCUT2D eigenvalue weighted by Crippen LogP contribution is 2.23. The van der Waals surface area contributed by atoms with E-state index in [0.29, 0.717) is 6.54 Å². The van der Waals surface area contributed by atoms with E-state index in [1.54, 1.807) is 7.11 Å². The lowest BCUT2D eigenvalue weighted by atomic mass is 10.1. The van der Waals surface area contributed by atoms with Gasteiger partial charge in [-0.25, -0.2) is 4.99 Å². The molecular weight excluding hydrogens is 473 g/mol. The predicted octanol–water partition coefficient (Wildman–Crippen LogP) is 3.00. The van der Waals surface area contributed by atoms with Crippen molar-refractivity contribution >= 4 is 45.9 Å². The summed E-state index contributed by atoms with van der Waals surface area (Å²) in [4.78, 5) is 6.94. The fourth-order valence-electron chi connectivity index (χ4n) is 2.53. The second-order valence-corrected chi connectivity index (χ2v) is 6.26. The van der Waals surface area contributed by atoms with Crippen molar-refractivity contribution in [2.45, 2.75) is 32.4 Å². The Balaban J connectivity index is 0.00000264. The van der Waals surface area contributed by atoms with Crippen LogP contribution in [0.2, 0.25) is 0 Å². The second-order valence-electron chi connectivity index (χ2n) is 5.34. The van der Waals surface area contributed by atoms with Crippen molar-refractivity contribution in [1.82, 2.24) is 10.2 Å². The van der Waals surface area contributed by atoms with Gasteiger partial charge in [0.15, 0.2) is 5.96 Å². The zero-order valence-corrected chi connectivity index (χ0v) is 17.5. The van der Waals surface area contributed by atoms with E-state index in [0.717, 1.165) is 54.2 Å². The topological polar surface area (TPSA) is 57.1 Å². The van der Waals surface area contributed by atoms with E-state index in [-0.39, 0.29) is 30.1 Å². The number of ether oxygens (including phenoxy) is 1. The molecule has 23 heavy (non-hydrogen) atoms. The number of guanidine groups is 1. The Morgan fingerprint density at radius 2 is 2.13 bits per heavy atom. The summed E-state index contributed by atoms with van der Waals surface area (Å²) in [6.45, 7) is 5.12. The first-order valence-corrected chi connectivity index (χ1v) is 8.47. The van der Waals surface area contributed by atoms with Crippen molar-refractivity contribution in [3.8, 4) is 5.75 Å². The summed E-state index contributed by atoms with van der Waals surface area (Å²) in [6.07, 6.45) is 1.42. The zero-order valence-electron chi connectivity index (χ0n) is 13.6. The number of aliphatic hydroxyl groups excluding tert-OH is 1. The molecule has 0 atom stereocenters. The molecule has 7 heteroatoms. The van der Waals surface area contributed by atoms with E-state index in [4.69, 9.17) is 9.73 Å². The number of benzene rings is 1. The molecule has 1 aromatic rings. The summed E-state index contributed by atoms with van der Waals surface area (Å²) in [6, 6.07) is 5.94. The quantitative estimate of drug-likeness (QED) is 0.381. The van der Waals surface area contributed by atoms with Crippen LogP contribution in [0, 0.1) is 0 Å². The predicted molar refractivity (Wildman–Crippen MR) is 108 cm³/mol. The molecule has 1 aliphatic heterocycles. The molecule has 1 heterocycles. The van der Waals surface area contributed by atoms with Crippen molar-refractivity contribution in [3.05, 3.63) is 28.2 Å². The average Bonchev–Trinajstić information content (AvgIpc) is 2.52. The summed E-state index contributed by atoms with van der Waals surface area (Å²) in [5, 5.41) is 13.0. The molecule has 1 aliphatic rings. The lowest BCUT2D eigenvalue weighted by Crippen LogP contribution is -2.46. The Morgan fingerprint density at radius 1 is 1.43 bits per heavy atom. The Kier molecular flexibility index (Phi) is 9.23. The first kappa shape index (κ1) is 20.5. The highest BCUT2D eigenvalue weighted by atomic mass is 127. The molecule has 2 N–H and O–H groups in total. The van der Waals surface area contributed by atoms with Crippen molar-refractivity contribution in [1.29, 1.82) is 0 Å². The molecule has 130 valence electrons. The van der Waals surface area contributed by atoms with Crippen LogP contribution in [-0.4, -0.2) is 48.8 Å². The van der Waals surface area contributed by atoms with Gasteiger partial charge in [0.2, 0.25) is 0 Å². The highest BCUT2D eigenvalue weighted by Gasteiger charge is 2.19. The molecule has 0 aromatic heterocycles. The van der Waals surface area contributed by atoms with Crippen LogP contribution in [0.15, 0.2) is 27.7 Å². The number of piperidine rings is 1. The first-order chi connectivity index (χ1) is 10.6. The van der Waals surface area contributed by atoms with E-state index in [9.17, 15) is 5.11 Å². The standard InChI is InChI=1S/C16H24BrN3O2.HI/c1-3-18-16(20-8-6-14(21)7-9-20)19-11-12-10-13(17)4-5-15(12)22-2;/h4-5,10,14,21H,3,6-9,11H2,1-2H3,(H,18,19);1H. The average molecular weight is 498 g/mol. The zero-order chi connectivity index (χ0) is 15.9. The minimum Gasteiger partial charge on any atom is -0.496 e. The van der Waals surface area contributed by atoms with Crippen molar-refractivity contribution in [2.75, 3.05) is 26.7 Å². The van der Waals surface area contributed by atoms with Crippen LogP contribution in [-0.2, 0) is 6.54 Å². The number of aliphatic hydroxyl groups is 1. The van der Waals surface area contributed by atoms with Gasteiger partial charge >= 0.3 is 0 Å². The molecule has 5 nitrogen and oxygen atoms in total. The Morgan fingerprint density at radius 3 is 2.74 bits per heavy atom. The van der Waals surface area contributed by atoms with Crippen LogP contribution >= 0.6 is 39.9 Å². The third-order valence-electron chi connectivity index (χ3n) is 3.74. The SMILES string of the molecule is CCNC(=NCc1cc(Br)ccc1OC)N1CCC(O)CC1.I. The molecule has 0 saturated carbocycles. The first-order valence-electron chi connectivity index (χ1n) is 7.67. The number of halogens is 2. The normalized spacial score (nSPS) is 16.0. The Bertz CT molecular complexity index is 520. The lowest BCUT2D eigenvalue weighted by Gasteiger charge is -2.32. The van der Waals surface area contributed by atoms with E-state index in [1.807, 2.05) is 18.2 Å². The molecule has 0 radical (unpaired) electrons. The number of nitrogens with one attached hydrogen (secondary N) is 1. The van der Waals surface area contributed by atoms with Crippen LogP contribution in [0.25, 0.3) is 0 Å². The minimum absolute atomic E-state index is 0. The smallest absolute Gasteiger partial charge is 0.194 e. The van der Waals surface area contributed by atoms with E-state index < -0.39 is 0 Å². The molecule has 0 spiro atoms. The maximum absolute atomic E-state index is 9.64. The maximum Gasteiger partial charge on any atom is 0.194 e. The van der Waals surface area contributed by atoms with Gasteiger partial charge < -0.3 is 20.1 Å². The van der Waals surface area contributed by atoms with Crippen LogP contribution < -0.4 is 10.1 Å². The summed E-state index contributed by atoms with van der Waals surface area (Å²) in [5.74, 6) is 1.74. The number of aliphatic imine (C=N–C) groups is 1. The van der Waals surface area contributed by atoms with Crippen LogP contribution in [0.1, 0.15) is 25.3 Å². The lowest BCUT2D eigenvalue weighted by molar-refractivity contribution is 0.108. The molecule has 0 aliphatic carbocycles. The van der Waals surface area contributed by atoms with Gasteiger partial charge in [-0.05, 0) is 38.0 Å². The number of hydrogen-bond acceptors (Lipinski definition) is 3. The number of rotatable bonds is 4. The monoisotopic (exact) mass is 497 g/mol. The third kappa shape index (κ3) is 6.11. The molecule has 0 amide bonds. The third-order valence-corrected chi connectivity index (χ3v) is 4.23. The number of likely N-dealkylation sites (tertiary alicyclic amines) is 1. The second kappa shape index (κ2) is 10.4. The molecule has 0 bridgehead atoms. The van der Waals surface area contributed by atoms with Gasteiger partial charge in [0.1, 0.15) is 5.75 Å². The summed E-state index contributed by atoms with van der Waals surface area (Å²) in [5.41, 5.74) is 1.05. The van der Waals surface area contributed by atoms with Gasteiger partial charge in [-0.15, -0.1) is 24.0 Å². The van der Waals surface area contributed by atoms with Gasteiger partial charge in [0.25, 0.3) is 0 Å². The van der Waals surface area contributed by atoms with Crippen LogP contribution in [0.3, 0.4) is 0 Å². The van der Waals surface area contributed by atoms with Crippen molar-refractivity contribution in [2.24, 2.45) is 4.99 Å². The molecule has 1 fully saturated rings. The molecule has 1 aromatic carbocycles. The van der Waals surface area contributed by atoms with Gasteiger partial charge in [-0.2, -0.15) is 0 Å². The number of nitrogens with zero attached hydrogens (tertiary/aromatic N) is 2. The van der Waals surface area contributed by atoms with Gasteiger partial charge in [0, 0.05) is 29.7 Å². The maximum atomic E-state index is 9.64. The summed E-state index contributed by atoms with van der Waals surface area (Å²) < 4.78 is 6.41. The van der Waals surface area contributed by atoms with Gasteiger partial charge in [-0.3, -0.25) is 0 Å². The van der Waals surface area contributed by atoms with Gasteiger partial charge in [0.05, 0.1) is 19.8 Å². The summed E-state index contributed by atoms with van der Waals surface area (Å²) >= 11 is 3.49. The van der Waals surface area contributed by atoms with Crippen molar-refractivity contribution < 1.29 is 9.84 Å². The fourth-order valence-corrected chi connectivity index (χ4v) is 2.94. The number of hydrogen-bond donors (Lipinski definition) is 2. The minimum atomic E-state index is -0.177. The molecule has 2 rings (SSSR count). The molecule has 0 unspecified atom stereocenters. The van der Waals surface area contributed by atoms with Crippen LogP contribution in [0.5, 0.6) is 5.75 Å². The Labute approximate surface area is 163 Å². The van der Waals surface area contributed by atoms with Crippen molar-refractivity contribution in [3.63, 3.8) is 0 Å². The van der Waals surface area contributed by atoms with Crippen LogP contribution in [0.4, 0.5) is 0 Å². The highest BCUT2D eigenvalue weighted by molar-refractivity contribution is 14.0. The number of methoxy groups -OCH3 is 1. The largest absolute Gasteiger partial charge is 0.496 e. The van der Waals surface area contributed by atoms with E-state index in [2.05, 4.69) is 33.1 Å². The summed E-state index contributed by atoms with van der Waals surface area (Å²) in [7, 11) is 1.67. The van der Waals surface area contributed by atoms with Gasteiger partial charge in [-0.1, -0.05) is 15.9 Å².